The average Bonchev–Trinajstić information content (AvgIpc) is 2.38. The van der Waals surface area contributed by atoms with Gasteiger partial charge < -0.3 is 20.1 Å². The van der Waals surface area contributed by atoms with Crippen molar-refractivity contribution in [1.82, 2.24) is 5.32 Å². The second-order valence-corrected chi connectivity index (χ2v) is 4.80. The monoisotopic (exact) mass is 278 g/mol. The van der Waals surface area contributed by atoms with Crippen LogP contribution in [0.3, 0.4) is 0 Å². The molecule has 0 saturated carbocycles. The maximum absolute atomic E-state index is 11.9. The van der Waals surface area contributed by atoms with Gasteiger partial charge in [-0.05, 0) is 45.0 Å². The zero-order chi connectivity index (χ0) is 14.4. The Labute approximate surface area is 119 Å². The molecule has 1 saturated heterocycles. The van der Waals surface area contributed by atoms with Crippen LogP contribution in [0.4, 0.5) is 5.69 Å². The van der Waals surface area contributed by atoms with Crippen molar-refractivity contribution in [1.29, 1.82) is 0 Å². The smallest absolute Gasteiger partial charge is 0.224 e. The summed E-state index contributed by atoms with van der Waals surface area (Å²) >= 11 is 0. The van der Waals surface area contributed by atoms with Crippen molar-refractivity contribution in [2.75, 3.05) is 31.6 Å². The highest BCUT2D eigenvalue weighted by Crippen LogP contribution is 2.30. The highest BCUT2D eigenvalue weighted by Gasteiger charge is 2.20. The van der Waals surface area contributed by atoms with Gasteiger partial charge in [0.1, 0.15) is 0 Å². The first-order valence-electron chi connectivity index (χ1n) is 7.13. The zero-order valence-electron chi connectivity index (χ0n) is 12.1. The van der Waals surface area contributed by atoms with Crippen LogP contribution in [0, 0.1) is 5.92 Å². The number of rotatable bonds is 7. The molecule has 1 aliphatic heterocycles. The summed E-state index contributed by atoms with van der Waals surface area (Å²) in [5.74, 6) is 1.88. The van der Waals surface area contributed by atoms with E-state index < -0.39 is 0 Å². The van der Waals surface area contributed by atoms with Crippen molar-refractivity contribution in [2.45, 2.75) is 20.3 Å². The summed E-state index contributed by atoms with van der Waals surface area (Å²) in [5, 5.41) is 6.07. The number of anilines is 1. The Morgan fingerprint density at radius 2 is 1.95 bits per heavy atom. The van der Waals surface area contributed by atoms with E-state index in [-0.39, 0.29) is 5.91 Å². The van der Waals surface area contributed by atoms with Crippen LogP contribution in [0.15, 0.2) is 18.2 Å². The molecule has 1 aromatic carbocycles. The first-order chi connectivity index (χ1) is 9.72. The molecule has 5 heteroatoms. The molecular weight excluding hydrogens is 256 g/mol. The maximum atomic E-state index is 11.9. The Balaban J connectivity index is 1.99. The summed E-state index contributed by atoms with van der Waals surface area (Å²) < 4.78 is 11.0. The Kier molecular flexibility index (Phi) is 5.24. The van der Waals surface area contributed by atoms with Gasteiger partial charge in [0.05, 0.1) is 13.2 Å². The summed E-state index contributed by atoms with van der Waals surface area (Å²) in [6.07, 6.45) is 0.560. The van der Waals surface area contributed by atoms with Crippen LogP contribution in [-0.4, -0.2) is 32.2 Å². The average molecular weight is 278 g/mol. The van der Waals surface area contributed by atoms with Crippen LogP contribution in [0.5, 0.6) is 11.5 Å². The van der Waals surface area contributed by atoms with Crippen molar-refractivity contribution in [2.24, 2.45) is 5.92 Å². The van der Waals surface area contributed by atoms with E-state index in [0.717, 1.165) is 18.8 Å². The number of amides is 1. The molecule has 1 fully saturated rings. The van der Waals surface area contributed by atoms with Crippen LogP contribution < -0.4 is 20.1 Å². The lowest BCUT2D eigenvalue weighted by Crippen LogP contribution is -2.43. The molecule has 2 N–H and O–H groups in total. The van der Waals surface area contributed by atoms with Crippen molar-refractivity contribution in [3.63, 3.8) is 0 Å². The molecule has 2 rings (SSSR count). The molecule has 1 amide bonds. The molecule has 20 heavy (non-hydrogen) atoms. The molecule has 1 heterocycles. The SMILES string of the molecule is CCOc1ccc(NC(=O)CC2CNC2)cc1OCC. The van der Waals surface area contributed by atoms with Crippen LogP contribution in [0.2, 0.25) is 0 Å². The van der Waals surface area contributed by atoms with Gasteiger partial charge in [-0.3, -0.25) is 4.79 Å². The molecule has 1 aromatic rings. The minimum Gasteiger partial charge on any atom is -0.490 e. The highest BCUT2D eigenvalue weighted by atomic mass is 16.5. The predicted molar refractivity (Wildman–Crippen MR) is 78.4 cm³/mol. The Bertz CT molecular complexity index is 458. The maximum Gasteiger partial charge on any atom is 0.224 e. The van der Waals surface area contributed by atoms with Crippen LogP contribution >= 0.6 is 0 Å². The first kappa shape index (κ1) is 14.7. The molecule has 0 unspecified atom stereocenters. The van der Waals surface area contributed by atoms with Gasteiger partial charge in [-0.2, -0.15) is 0 Å². The number of ether oxygens (including phenoxy) is 2. The third-order valence-electron chi connectivity index (χ3n) is 3.17. The van der Waals surface area contributed by atoms with E-state index in [1.165, 1.54) is 0 Å². The van der Waals surface area contributed by atoms with Crippen molar-refractivity contribution >= 4 is 11.6 Å². The predicted octanol–water partition coefficient (Wildman–Crippen LogP) is 2.03. The summed E-state index contributed by atoms with van der Waals surface area (Å²) in [4.78, 5) is 11.9. The molecule has 0 atom stereocenters. The fourth-order valence-corrected chi connectivity index (χ4v) is 2.10. The highest BCUT2D eigenvalue weighted by molar-refractivity contribution is 5.91. The lowest BCUT2D eigenvalue weighted by molar-refractivity contribution is -0.117. The number of hydrogen-bond donors (Lipinski definition) is 2. The molecule has 0 aliphatic carbocycles. The Morgan fingerprint density at radius 3 is 2.55 bits per heavy atom. The summed E-state index contributed by atoms with van der Waals surface area (Å²) in [6.45, 7) is 6.86. The number of benzene rings is 1. The second kappa shape index (κ2) is 7.14. The fourth-order valence-electron chi connectivity index (χ4n) is 2.10. The molecule has 0 radical (unpaired) electrons. The van der Waals surface area contributed by atoms with E-state index in [1.54, 1.807) is 0 Å². The topological polar surface area (TPSA) is 59.6 Å². The minimum atomic E-state index is 0.0445. The third-order valence-corrected chi connectivity index (χ3v) is 3.17. The lowest BCUT2D eigenvalue weighted by Gasteiger charge is -2.26. The summed E-state index contributed by atoms with van der Waals surface area (Å²) in [6, 6.07) is 5.48. The minimum absolute atomic E-state index is 0.0445. The quantitative estimate of drug-likeness (QED) is 0.801. The summed E-state index contributed by atoms with van der Waals surface area (Å²) in [7, 11) is 0. The third kappa shape index (κ3) is 3.87. The normalized spacial score (nSPS) is 14.5. The Morgan fingerprint density at radius 1 is 1.25 bits per heavy atom. The van der Waals surface area contributed by atoms with Gasteiger partial charge >= 0.3 is 0 Å². The Hall–Kier alpha value is -1.75. The molecule has 110 valence electrons. The molecule has 5 nitrogen and oxygen atoms in total. The van der Waals surface area contributed by atoms with Crippen molar-refractivity contribution in [3.8, 4) is 11.5 Å². The second-order valence-electron chi connectivity index (χ2n) is 4.80. The summed E-state index contributed by atoms with van der Waals surface area (Å²) in [5.41, 5.74) is 0.745. The van der Waals surface area contributed by atoms with E-state index in [2.05, 4.69) is 10.6 Å². The van der Waals surface area contributed by atoms with Gasteiger partial charge in [0.15, 0.2) is 11.5 Å². The van der Waals surface area contributed by atoms with E-state index in [9.17, 15) is 4.79 Å². The number of hydrogen-bond acceptors (Lipinski definition) is 4. The van der Waals surface area contributed by atoms with Crippen LogP contribution in [-0.2, 0) is 4.79 Å². The van der Waals surface area contributed by atoms with Crippen molar-refractivity contribution < 1.29 is 14.3 Å². The van der Waals surface area contributed by atoms with E-state index in [1.807, 2.05) is 32.0 Å². The molecule has 0 aromatic heterocycles. The van der Waals surface area contributed by atoms with Gasteiger partial charge in [0, 0.05) is 18.2 Å². The van der Waals surface area contributed by atoms with Gasteiger partial charge in [-0.15, -0.1) is 0 Å². The van der Waals surface area contributed by atoms with Gasteiger partial charge in [-0.25, -0.2) is 0 Å². The standard InChI is InChI=1S/C15H22N2O3/c1-3-19-13-6-5-12(8-14(13)20-4-2)17-15(18)7-11-9-16-10-11/h5-6,8,11,16H,3-4,7,9-10H2,1-2H3,(H,17,18). The van der Waals surface area contributed by atoms with E-state index in [0.29, 0.717) is 37.1 Å². The molecule has 0 spiro atoms. The number of carbonyl (C=O) groups excluding carboxylic acids is 1. The number of nitrogens with one attached hydrogen (secondary N) is 2. The number of carbonyl (C=O) groups is 1. The largest absolute Gasteiger partial charge is 0.490 e. The van der Waals surface area contributed by atoms with Crippen molar-refractivity contribution in [3.05, 3.63) is 18.2 Å². The van der Waals surface area contributed by atoms with E-state index in [4.69, 9.17) is 9.47 Å². The lowest BCUT2D eigenvalue weighted by atomic mass is 9.99. The van der Waals surface area contributed by atoms with E-state index >= 15 is 0 Å². The van der Waals surface area contributed by atoms with Gasteiger partial charge in [0.25, 0.3) is 0 Å². The first-order valence-corrected chi connectivity index (χ1v) is 7.13. The van der Waals surface area contributed by atoms with Crippen LogP contribution in [0.25, 0.3) is 0 Å². The molecule has 0 bridgehead atoms. The molecule has 1 aliphatic rings. The van der Waals surface area contributed by atoms with Gasteiger partial charge in [0.2, 0.25) is 5.91 Å². The van der Waals surface area contributed by atoms with Gasteiger partial charge in [-0.1, -0.05) is 0 Å². The van der Waals surface area contributed by atoms with Crippen LogP contribution in [0.1, 0.15) is 20.3 Å². The fraction of sp³-hybridized carbons (Fsp3) is 0.533. The molecular formula is C15H22N2O3. The zero-order valence-corrected chi connectivity index (χ0v) is 12.1.